The van der Waals surface area contributed by atoms with Gasteiger partial charge >= 0.3 is 0 Å². The first-order valence-corrected chi connectivity index (χ1v) is 8.16. The third kappa shape index (κ3) is 4.30. The third-order valence-corrected chi connectivity index (χ3v) is 4.05. The topological polar surface area (TPSA) is 102 Å². The first-order chi connectivity index (χ1) is 12.3. The fourth-order valence-corrected chi connectivity index (χ4v) is 2.50. The normalized spacial score (nSPS) is 11.9. The number of rotatable bonds is 5. The second kappa shape index (κ2) is 8.03. The highest BCUT2D eigenvalue weighted by molar-refractivity contribution is 5.84. The molecule has 0 fully saturated rings. The molecule has 0 aliphatic rings. The van der Waals surface area contributed by atoms with Gasteiger partial charge in [-0.15, -0.1) is 0 Å². The molecule has 0 heterocycles. The van der Waals surface area contributed by atoms with Gasteiger partial charge in [0.2, 0.25) is 0 Å². The van der Waals surface area contributed by atoms with Gasteiger partial charge in [0.1, 0.15) is 0 Å². The summed E-state index contributed by atoms with van der Waals surface area (Å²) >= 11 is 0. The van der Waals surface area contributed by atoms with E-state index in [4.69, 9.17) is 22.6 Å². The summed E-state index contributed by atoms with van der Waals surface area (Å²) in [4.78, 5) is 0. The van der Waals surface area contributed by atoms with Gasteiger partial charge in [-0.2, -0.15) is 0 Å². The Morgan fingerprint density at radius 1 is 1.04 bits per heavy atom. The van der Waals surface area contributed by atoms with Gasteiger partial charge in [-0.25, -0.2) is 0 Å². The van der Waals surface area contributed by atoms with Crippen molar-refractivity contribution in [1.82, 2.24) is 0 Å². The third-order valence-electron chi connectivity index (χ3n) is 4.05. The zero-order chi connectivity index (χ0) is 19.3. The Morgan fingerprint density at radius 3 is 2.27 bits per heavy atom. The number of nitrogens with one attached hydrogen (secondary N) is 1. The van der Waals surface area contributed by atoms with Gasteiger partial charge in [0.15, 0.2) is 0 Å². The van der Waals surface area contributed by atoms with Crippen molar-refractivity contribution in [2.45, 2.75) is 6.92 Å². The molecule has 0 bridgehead atoms. The number of anilines is 2. The van der Waals surface area contributed by atoms with E-state index in [1.807, 2.05) is 43.3 Å². The van der Waals surface area contributed by atoms with Gasteiger partial charge in [0.05, 0.1) is 11.0 Å². The summed E-state index contributed by atoms with van der Waals surface area (Å²) in [6.07, 6.45) is 5.65. The highest BCUT2D eigenvalue weighted by Gasteiger charge is 2.06. The Hall–Kier alpha value is -3.53. The van der Waals surface area contributed by atoms with Crippen LogP contribution in [0.4, 0.5) is 11.4 Å². The molecule has 4 nitrogen and oxygen atoms in total. The average Bonchev–Trinajstić information content (AvgIpc) is 2.76. The van der Waals surface area contributed by atoms with Crippen molar-refractivity contribution in [3.05, 3.63) is 95.5 Å². The molecule has 4 heteroatoms. The fraction of sp³-hybridized carbons (Fsp3) is 0.0455. The Labute approximate surface area is 154 Å². The molecule has 2 aromatic rings. The van der Waals surface area contributed by atoms with Gasteiger partial charge in [-0.3, -0.25) is 5.41 Å². The molecule has 0 atom stereocenters. The van der Waals surface area contributed by atoms with Crippen molar-refractivity contribution in [2.24, 2.45) is 5.73 Å². The van der Waals surface area contributed by atoms with E-state index < -0.39 is 0 Å². The predicted octanol–water partition coefficient (Wildman–Crippen LogP) is 3.93. The van der Waals surface area contributed by atoms with E-state index in [0.717, 1.165) is 16.7 Å². The van der Waals surface area contributed by atoms with E-state index in [2.05, 4.69) is 13.2 Å². The molecule has 0 saturated heterocycles. The lowest BCUT2D eigenvalue weighted by molar-refractivity contribution is 1.29. The van der Waals surface area contributed by atoms with E-state index in [-0.39, 0.29) is 5.36 Å². The first-order valence-electron chi connectivity index (χ1n) is 8.16. The maximum absolute atomic E-state index is 7.82. The molecule has 0 aromatic heterocycles. The minimum absolute atomic E-state index is 0.167. The number of benzene rings is 1. The van der Waals surface area contributed by atoms with E-state index in [1.54, 1.807) is 18.2 Å². The second-order valence-electron chi connectivity index (χ2n) is 5.91. The minimum Gasteiger partial charge on any atom is -0.399 e. The minimum atomic E-state index is 0.167. The van der Waals surface area contributed by atoms with Crippen molar-refractivity contribution in [1.29, 1.82) is 5.41 Å². The second-order valence-corrected chi connectivity index (χ2v) is 5.91. The molecule has 0 spiro atoms. The Balaban J connectivity index is 2.41. The summed E-state index contributed by atoms with van der Waals surface area (Å²) < 4.78 is 0. The Morgan fingerprint density at radius 2 is 1.69 bits per heavy atom. The lowest BCUT2D eigenvalue weighted by atomic mass is 9.99. The molecule has 2 aromatic carbocycles. The van der Waals surface area contributed by atoms with Gasteiger partial charge in [-0.05, 0) is 59.0 Å². The van der Waals surface area contributed by atoms with Gasteiger partial charge in [-0.1, -0.05) is 49.6 Å². The van der Waals surface area contributed by atoms with E-state index >= 15 is 0 Å². The number of hydrogen-bond donors (Lipinski definition) is 4. The van der Waals surface area contributed by atoms with Crippen LogP contribution < -0.4 is 22.6 Å². The summed E-state index contributed by atoms with van der Waals surface area (Å²) in [5.41, 5.74) is 23.7. The average molecular weight is 344 g/mol. The summed E-state index contributed by atoms with van der Waals surface area (Å²) in [6.45, 7) is 9.78. The van der Waals surface area contributed by atoms with Crippen molar-refractivity contribution < 1.29 is 0 Å². The number of nitrogen functional groups attached to an aromatic ring is 2. The standard InChI is InChI=1S/C22H24N4/c1-4-15-6-8-17(9-7-15)16(5-2)11-20(24)14(3)18-10-19(23)13-22(26)21(25)12-18/h4-13H,1,3,23-24H2,2H3,(H3,25,26)/b16-5+,20-11+. The number of hydrogen-bond acceptors (Lipinski definition) is 4. The van der Waals surface area contributed by atoms with Crippen molar-refractivity contribution in [3.8, 4) is 0 Å². The van der Waals surface area contributed by atoms with Crippen molar-refractivity contribution >= 4 is 28.6 Å². The van der Waals surface area contributed by atoms with Crippen LogP contribution in [0.15, 0.2) is 73.5 Å². The fourth-order valence-electron chi connectivity index (χ4n) is 2.50. The molecular weight excluding hydrogens is 320 g/mol. The molecule has 0 radical (unpaired) electrons. The van der Waals surface area contributed by atoms with Crippen LogP contribution in [0.25, 0.3) is 17.2 Å². The van der Waals surface area contributed by atoms with E-state index in [9.17, 15) is 0 Å². The predicted molar refractivity (Wildman–Crippen MR) is 113 cm³/mol. The van der Waals surface area contributed by atoms with Crippen LogP contribution in [0.5, 0.6) is 0 Å². The van der Waals surface area contributed by atoms with E-state index in [0.29, 0.717) is 28.2 Å². The molecule has 132 valence electrons. The summed E-state index contributed by atoms with van der Waals surface area (Å²) in [5, 5.41) is 7.98. The molecule has 7 N–H and O–H groups in total. The van der Waals surface area contributed by atoms with Gasteiger partial charge < -0.3 is 17.2 Å². The molecule has 0 aliphatic heterocycles. The van der Waals surface area contributed by atoms with Crippen LogP contribution >= 0.6 is 0 Å². The molecule has 0 saturated carbocycles. The zero-order valence-electron chi connectivity index (χ0n) is 14.9. The van der Waals surface area contributed by atoms with Crippen LogP contribution in [0.3, 0.4) is 0 Å². The first kappa shape index (κ1) is 18.8. The maximum Gasteiger partial charge on any atom is 0.0789 e. The monoisotopic (exact) mass is 344 g/mol. The largest absolute Gasteiger partial charge is 0.399 e. The van der Waals surface area contributed by atoms with Crippen molar-refractivity contribution in [3.63, 3.8) is 0 Å². The lowest BCUT2D eigenvalue weighted by Crippen LogP contribution is -2.04. The molecule has 2 rings (SSSR count). The molecule has 0 amide bonds. The maximum atomic E-state index is 7.82. The molecular formula is C22H24N4. The van der Waals surface area contributed by atoms with Crippen LogP contribution in [-0.4, -0.2) is 0 Å². The zero-order valence-corrected chi connectivity index (χ0v) is 14.9. The summed E-state index contributed by atoms with van der Waals surface area (Å²) in [6, 6.07) is 12.9. The Kier molecular flexibility index (Phi) is 5.81. The van der Waals surface area contributed by atoms with Crippen LogP contribution in [0.1, 0.15) is 23.6 Å². The quantitative estimate of drug-likeness (QED) is 0.618. The lowest BCUT2D eigenvalue weighted by Gasteiger charge is -2.09. The van der Waals surface area contributed by atoms with Crippen molar-refractivity contribution in [2.75, 3.05) is 11.5 Å². The SMILES string of the molecule is C=Cc1ccc(C(/C=C(/N)C(=C)c2cc(N)cc(=N)c(N)c2)=C/C)cc1. The number of allylic oxidation sites excluding steroid dienone is 4. The van der Waals surface area contributed by atoms with Crippen LogP contribution in [-0.2, 0) is 0 Å². The highest BCUT2D eigenvalue weighted by Crippen LogP contribution is 2.24. The summed E-state index contributed by atoms with van der Waals surface area (Å²) in [5.74, 6) is 0. The van der Waals surface area contributed by atoms with Crippen LogP contribution in [0.2, 0.25) is 0 Å². The van der Waals surface area contributed by atoms with E-state index in [1.165, 1.54) is 6.07 Å². The molecule has 0 aliphatic carbocycles. The molecule has 26 heavy (non-hydrogen) atoms. The summed E-state index contributed by atoms with van der Waals surface area (Å²) in [7, 11) is 0. The highest BCUT2D eigenvalue weighted by atomic mass is 14.6. The number of nitrogens with two attached hydrogens (primary N) is 3. The van der Waals surface area contributed by atoms with Gasteiger partial charge in [0, 0.05) is 11.4 Å². The van der Waals surface area contributed by atoms with Gasteiger partial charge in [0.25, 0.3) is 0 Å². The Bertz CT molecular complexity index is 964. The van der Waals surface area contributed by atoms with Crippen LogP contribution in [0, 0.1) is 5.41 Å². The smallest absolute Gasteiger partial charge is 0.0789 e. The molecule has 0 unspecified atom stereocenters.